The maximum atomic E-state index is 13.1. The summed E-state index contributed by atoms with van der Waals surface area (Å²) < 4.78 is 42.9. The molecular weight excluding hydrogens is 442 g/mol. The summed E-state index contributed by atoms with van der Waals surface area (Å²) in [6.45, 7) is 0.506. The van der Waals surface area contributed by atoms with E-state index in [9.17, 15) is 23.3 Å². The molecule has 0 spiro atoms. The normalized spacial score (nSPS) is 14.7. The number of nitrogens with zero attached hydrogens (tertiary/aromatic N) is 3. The van der Waals surface area contributed by atoms with Crippen LogP contribution in [0.15, 0.2) is 41.3 Å². The molecule has 1 aliphatic heterocycles. The monoisotopic (exact) mass is 465 g/mol. The highest BCUT2D eigenvalue weighted by Gasteiger charge is 2.33. The molecule has 3 rings (SSSR count). The smallest absolute Gasteiger partial charge is 0.273 e. The summed E-state index contributed by atoms with van der Waals surface area (Å²) in [6.07, 6.45) is 0. The van der Waals surface area contributed by atoms with Crippen LogP contribution in [0.2, 0.25) is 0 Å². The fraction of sp³-hybridized carbons (Fsp3) is 0.350. The zero-order valence-corrected chi connectivity index (χ0v) is 18.6. The highest BCUT2D eigenvalue weighted by atomic mass is 32.2. The number of rotatable bonds is 7. The van der Waals surface area contributed by atoms with Gasteiger partial charge in [0.1, 0.15) is 10.6 Å². The molecule has 2 aromatic carbocycles. The van der Waals surface area contributed by atoms with E-state index >= 15 is 0 Å². The first-order chi connectivity index (χ1) is 15.2. The standard InChI is InChI=1S/C20H23N3O8S/c1-29-16-6-4-14(12-17(16)30-2)20(24)21-8-10-22(11-9-21)32(27,28)19-7-5-15(23(25)26)13-18(19)31-3/h4-7,12-13H,8-11H2,1-3H3. The van der Waals surface area contributed by atoms with Gasteiger partial charge in [-0.25, -0.2) is 8.42 Å². The van der Waals surface area contributed by atoms with E-state index in [0.29, 0.717) is 17.1 Å². The summed E-state index contributed by atoms with van der Waals surface area (Å²) in [7, 11) is 0.252. The molecule has 11 nitrogen and oxygen atoms in total. The molecule has 0 bridgehead atoms. The number of amides is 1. The number of carbonyl (C=O) groups is 1. The summed E-state index contributed by atoms with van der Waals surface area (Å²) in [6, 6.07) is 8.18. The molecule has 0 aromatic heterocycles. The van der Waals surface area contributed by atoms with Gasteiger partial charge in [-0.05, 0) is 24.3 Å². The third-order valence-electron chi connectivity index (χ3n) is 5.13. The molecule has 1 aliphatic rings. The van der Waals surface area contributed by atoms with Crippen molar-refractivity contribution in [2.75, 3.05) is 47.5 Å². The number of methoxy groups -OCH3 is 3. The summed E-state index contributed by atoms with van der Waals surface area (Å²) in [5.41, 5.74) is 0.127. The van der Waals surface area contributed by atoms with Gasteiger partial charge in [0.15, 0.2) is 11.5 Å². The number of piperazine rings is 1. The van der Waals surface area contributed by atoms with Gasteiger partial charge in [0.25, 0.3) is 11.6 Å². The number of non-ortho nitro benzene ring substituents is 1. The van der Waals surface area contributed by atoms with Crippen molar-refractivity contribution in [3.8, 4) is 17.2 Å². The van der Waals surface area contributed by atoms with Gasteiger partial charge in [-0.15, -0.1) is 0 Å². The Balaban J connectivity index is 1.75. The van der Waals surface area contributed by atoms with Crippen molar-refractivity contribution in [2.24, 2.45) is 0 Å². The average molecular weight is 465 g/mol. The second-order valence-corrected chi connectivity index (χ2v) is 8.76. The minimum absolute atomic E-state index is 0.0709. The van der Waals surface area contributed by atoms with Crippen molar-refractivity contribution in [1.29, 1.82) is 0 Å². The molecule has 32 heavy (non-hydrogen) atoms. The Morgan fingerprint density at radius 1 is 0.906 bits per heavy atom. The predicted octanol–water partition coefficient (Wildman–Crippen LogP) is 1.77. The fourth-order valence-corrected chi connectivity index (χ4v) is 4.96. The van der Waals surface area contributed by atoms with Crippen LogP contribution in [0.4, 0.5) is 5.69 Å². The highest BCUT2D eigenvalue weighted by Crippen LogP contribution is 2.31. The van der Waals surface area contributed by atoms with Gasteiger partial charge in [-0.2, -0.15) is 4.31 Å². The van der Waals surface area contributed by atoms with E-state index in [1.165, 1.54) is 25.6 Å². The van der Waals surface area contributed by atoms with Gasteiger partial charge < -0.3 is 19.1 Å². The number of carbonyl (C=O) groups excluding carboxylic acids is 1. The molecular formula is C20H23N3O8S. The zero-order valence-electron chi connectivity index (χ0n) is 17.8. The van der Waals surface area contributed by atoms with E-state index in [1.807, 2.05) is 0 Å². The lowest BCUT2D eigenvalue weighted by atomic mass is 10.1. The molecule has 0 saturated carbocycles. The van der Waals surface area contributed by atoms with Crippen LogP contribution in [0, 0.1) is 10.1 Å². The third-order valence-corrected chi connectivity index (χ3v) is 7.07. The minimum Gasteiger partial charge on any atom is -0.495 e. The maximum Gasteiger partial charge on any atom is 0.273 e. The maximum absolute atomic E-state index is 13.1. The predicted molar refractivity (Wildman–Crippen MR) is 114 cm³/mol. The van der Waals surface area contributed by atoms with Crippen molar-refractivity contribution in [3.63, 3.8) is 0 Å². The molecule has 1 heterocycles. The number of nitro groups is 1. The van der Waals surface area contributed by atoms with Crippen LogP contribution in [-0.4, -0.2) is 76.0 Å². The molecule has 0 unspecified atom stereocenters. The average Bonchev–Trinajstić information content (AvgIpc) is 2.82. The van der Waals surface area contributed by atoms with E-state index in [-0.39, 0.29) is 48.4 Å². The Bertz CT molecular complexity index is 1130. The van der Waals surface area contributed by atoms with Gasteiger partial charge >= 0.3 is 0 Å². The second kappa shape index (κ2) is 9.40. The van der Waals surface area contributed by atoms with Gasteiger partial charge in [-0.1, -0.05) is 0 Å². The zero-order chi connectivity index (χ0) is 23.5. The third kappa shape index (κ3) is 4.46. The summed E-state index contributed by atoms with van der Waals surface area (Å²) in [4.78, 5) is 24.6. The molecule has 1 saturated heterocycles. The van der Waals surface area contributed by atoms with E-state index in [4.69, 9.17) is 14.2 Å². The molecule has 172 valence electrons. The van der Waals surface area contributed by atoms with Gasteiger partial charge in [0, 0.05) is 37.8 Å². The van der Waals surface area contributed by atoms with Crippen molar-refractivity contribution < 1.29 is 32.3 Å². The second-order valence-electron chi connectivity index (χ2n) is 6.86. The summed E-state index contributed by atoms with van der Waals surface area (Å²) in [5.74, 6) is 0.556. The van der Waals surface area contributed by atoms with Crippen LogP contribution in [0.3, 0.4) is 0 Å². The Kier molecular flexibility index (Phi) is 6.84. The molecule has 0 atom stereocenters. The molecule has 0 aliphatic carbocycles. The number of ether oxygens (including phenoxy) is 3. The van der Waals surface area contributed by atoms with Crippen molar-refractivity contribution in [1.82, 2.24) is 9.21 Å². The van der Waals surface area contributed by atoms with E-state index in [2.05, 4.69) is 0 Å². The van der Waals surface area contributed by atoms with Crippen LogP contribution < -0.4 is 14.2 Å². The number of benzene rings is 2. The first-order valence-corrected chi connectivity index (χ1v) is 11.0. The molecule has 12 heteroatoms. The Morgan fingerprint density at radius 3 is 2.09 bits per heavy atom. The van der Waals surface area contributed by atoms with E-state index in [0.717, 1.165) is 18.2 Å². The molecule has 1 amide bonds. The molecule has 2 aromatic rings. The van der Waals surface area contributed by atoms with Gasteiger partial charge in [-0.3, -0.25) is 14.9 Å². The number of hydrogen-bond donors (Lipinski definition) is 0. The van der Waals surface area contributed by atoms with Crippen molar-refractivity contribution in [3.05, 3.63) is 52.1 Å². The van der Waals surface area contributed by atoms with Crippen LogP contribution >= 0.6 is 0 Å². The van der Waals surface area contributed by atoms with Crippen molar-refractivity contribution in [2.45, 2.75) is 4.90 Å². The Hall–Kier alpha value is -3.38. The van der Waals surface area contributed by atoms with Crippen molar-refractivity contribution >= 4 is 21.6 Å². The lowest BCUT2D eigenvalue weighted by Gasteiger charge is -2.34. The summed E-state index contributed by atoms with van der Waals surface area (Å²) in [5, 5.41) is 11.0. The van der Waals surface area contributed by atoms with Gasteiger partial charge in [0.05, 0.1) is 32.3 Å². The van der Waals surface area contributed by atoms with Crippen LogP contribution in [0.1, 0.15) is 10.4 Å². The fourth-order valence-electron chi connectivity index (χ4n) is 3.41. The Morgan fingerprint density at radius 2 is 1.53 bits per heavy atom. The largest absolute Gasteiger partial charge is 0.495 e. The van der Waals surface area contributed by atoms with Crippen LogP contribution in [-0.2, 0) is 10.0 Å². The number of nitro benzene ring substituents is 1. The number of hydrogen-bond acceptors (Lipinski definition) is 8. The van der Waals surface area contributed by atoms with Gasteiger partial charge in [0.2, 0.25) is 10.0 Å². The molecule has 0 N–H and O–H groups in total. The first kappa shape index (κ1) is 23.3. The summed E-state index contributed by atoms with van der Waals surface area (Å²) >= 11 is 0. The topological polar surface area (TPSA) is 129 Å². The first-order valence-electron chi connectivity index (χ1n) is 9.56. The van der Waals surface area contributed by atoms with E-state index < -0.39 is 14.9 Å². The van der Waals surface area contributed by atoms with Crippen LogP contribution in [0.5, 0.6) is 17.2 Å². The molecule has 0 radical (unpaired) electrons. The lowest BCUT2D eigenvalue weighted by Crippen LogP contribution is -2.50. The SMILES string of the molecule is COc1ccc(C(=O)N2CCN(S(=O)(=O)c3ccc([N+](=O)[O-])cc3OC)CC2)cc1OC. The highest BCUT2D eigenvalue weighted by molar-refractivity contribution is 7.89. The number of sulfonamides is 1. The van der Waals surface area contributed by atoms with Crippen LogP contribution in [0.25, 0.3) is 0 Å². The Labute approximate surface area is 185 Å². The lowest BCUT2D eigenvalue weighted by molar-refractivity contribution is -0.385. The minimum atomic E-state index is -3.97. The van der Waals surface area contributed by atoms with E-state index in [1.54, 1.807) is 23.1 Å². The quantitative estimate of drug-likeness (QED) is 0.447. The molecule has 1 fully saturated rings.